The molecule has 0 radical (unpaired) electrons. The molecule has 1 aromatic heterocycles. The first-order valence-corrected chi connectivity index (χ1v) is 17.7. The van der Waals surface area contributed by atoms with Crippen molar-refractivity contribution in [2.24, 2.45) is 0 Å². The van der Waals surface area contributed by atoms with E-state index in [-0.39, 0.29) is 24.1 Å². The SMILES string of the molecule is Cc1csc(CN(C)C(=O)c2cccc(C(=O)N[C@@H](Cc3ccccc3)[C@H](O)C3CC(OCc4ccccc4)CN3C(=O)OC(C)(C)C)c2)n1. The molecular weight excluding hydrogens is 653 g/mol. The Balaban J connectivity index is 1.36. The molecule has 2 heterocycles. The lowest BCUT2D eigenvalue weighted by Crippen LogP contribution is -2.54. The summed E-state index contributed by atoms with van der Waals surface area (Å²) in [5.41, 5.74) is 2.69. The van der Waals surface area contributed by atoms with Crippen molar-refractivity contribution in [3.63, 3.8) is 0 Å². The number of aromatic nitrogens is 1. The summed E-state index contributed by atoms with van der Waals surface area (Å²) in [6.07, 6.45) is -1.43. The summed E-state index contributed by atoms with van der Waals surface area (Å²) in [7, 11) is 1.70. The first kappa shape index (κ1) is 36.7. The van der Waals surface area contributed by atoms with Crippen molar-refractivity contribution in [1.82, 2.24) is 20.1 Å². The molecule has 0 spiro atoms. The number of aliphatic hydroxyl groups excluding tert-OH is 1. The Morgan fingerprint density at radius 2 is 1.66 bits per heavy atom. The highest BCUT2D eigenvalue weighted by atomic mass is 32.1. The number of thiazole rings is 1. The van der Waals surface area contributed by atoms with Crippen LogP contribution in [0.4, 0.5) is 4.79 Å². The second-order valence-corrected chi connectivity index (χ2v) is 14.7. The van der Waals surface area contributed by atoms with E-state index < -0.39 is 35.8 Å². The number of hydrogen-bond donors (Lipinski definition) is 2. The van der Waals surface area contributed by atoms with Gasteiger partial charge in [0.1, 0.15) is 10.6 Å². The third-order valence-electron chi connectivity index (χ3n) is 8.44. The van der Waals surface area contributed by atoms with Crippen LogP contribution in [0.25, 0.3) is 0 Å². The molecule has 11 heteroatoms. The number of ether oxygens (including phenoxy) is 2. The van der Waals surface area contributed by atoms with E-state index in [2.05, 4.69) is 10.3 Å². The zero-order chi connectivity index (χ0) is 35.8. The molecule has 4 atom stereocenters. The van der Waals surface area contributed by atoms with Gasteiger partial charge in [-0.15, -0.1) is 11.3 Å². The highest BCUT2D eigenvalue weighted by Crippen LogP contribution is 2.28. The Bertz CT molecular complexity index is 1740. The number of aryl methyl sites for hydroxylation is 1. The lowest BCUT2D eigenvalue weighted by atomic mass is 9.94. The Morgan fingerprint density at radius 1 is 1.00 bits per heavy atom. The van der Waals surface area contributed by atoms with Crippen molar-refractivity contribution in [2.75, 3.05) is 13.6 Å². The van der Waals surface area contributed by atoms with Gasteiger partial charge in [0, 0.05) is 29.2 Å². The van der Waals surface area contributed by atoms with E-state index in [0.717, 1.165) is 21.8 Å². The Labute approximate surface area is 298 Å². The molecule has 0 aliphatic carbocycles. The highest BCUT2D eigenvalue weighted by molar-refractivity contribution is 7.09. The van der Waals surface area contributed by atoms with Gasteiger partial charge < -0.3 is 24.8 Å². The second-order valence-electron chi connectivity index (χ2n) is 13.7. The lowest BCUT2D eigenvalue weighted by molar-refractivity contribution is -0.00248. The number of aliphatic hydroxyl groups is 1. The van der Waals surface area contributed by atoms with Crippen LogP contribution in [0.3, 0.4) is 0 Å². The standard InChI is InChI=1S/C39H46N4O6S/c1-26-25-50-34(40-26)23-42(5)37(46)30-18-12-17-29(20-30)36(45)41-32(19-27-13-8-6-9-14-27)35(44)33-21-31(48-24-28-15-10-7-11-16-28)22-43(33)38(47)49-39(2,3)4/h6-18,20,25,31-33,35,44H,19,21-24H2,1-5H3,(H,41,45)/t31?,32-,33?,35-/m0/s1. The molecule has 3 aromatic carbocycles. The van der Waals surface area contributed by atoms with E-state index in [1.54, 1.807) is 57.0 Å². The third kappa shape index (κ3) is 9.99. The predicted octanol–water partition coefficient (Wildman–Crippen LogP) is 6.02. The molecule has 3 amide bonds. The molecule has 1 aliphatic rings. The summed E-state index contributed by atoms with van der Waals surface area (Å²) in [5.74, 6) is -0.689. The van der Waals surface area contributed by atoms with E-state index in [1.807, 2.05) is 73.0 Å². The number of hydrogen-bond acceptors (Lipinski definition) is 8. The average Bonchev–Trinajstić information content (AvgIpc) is 3.72. The van der Waals surface area contributed by atoms with E-state index in [9.17, 15) is 19.5 Å². The smallest absolute Gasteiger partial charge is 0.410 e. The summed E-state index contributed by atoms with van der Waals surface area (Å²) >= 11 is 1.49. The summed E-state index contributed by atoms with van der Waals surface area (Å²) in [6, 6.07) is 24.4. The molecule has 0 saturated carbocycles. The molecule has 2 unspecified atom stereocenters. The third-order valence-corrected chi connectivity index (χ3v) is 9.39. The number of amides is 3. The molecule has 264 valence electrons. The van der Waals surface area contributed by atoms with Crippen molar-refractivity contribution < 1.29 is 29.0 Å². The number of carbonyl (C=O) groups excluding carboxylic acids is 3. The molecule has 1 aliphatic heterocycles. The first-order valence-electron chi connectivity index (χ1n) is 16.8. The monoisotopic (exact) mass is 698 g/mol. The predicted molar refractivity (Wildman–Crippen MR) is 193 cm³/mol. The summed E-state index contributed by atoms with van der Waals surface area (Å²) < 4.78 is 12.0. The van der Waals surface area contributed by atoms with E-state index in [0.29, 0.717) is 31.6 Å². The van der Waals surface area contributed by atoms with Crippen LogP contribution in [0.2, 0.25) is 0 Å². The van der Waals surface area contributed by atoms with Crippen LogP contribution < -0.4 is 5.32 Å². The largest absolute Gasteiger partial charge is 0.444 e. The minimum Gasteiger partial charge on any atom is -0.444 e. The van der Waals surface area contributed by atoms with Crippen molar-refractivity contribution in [2.45, 2.75) is 83.6 Å². The van der Waals surface area contributed by atoms with Gasteiger partial charge in [-0.2, -0.15) is 0 Å². The van der Waals surface area contributed by atoms with Gasteiger partial charge in [-0.1, -0.05) is 66.7 Å². The average molecular weight is 699 g/mol. The van der Waals surface area contributed by atoms with Gasteiger partial charge in [0.25, 0.3) is 11.8 Å². The summed E-state index contributed by atoms with van der Waals surface area (Å²) in [5, 5.41) is 17.9. The molecule has 50 heavy (non-hydrogen) atoms. The van der Waals surface area contributed by atoms with Gasteiger partial charge in [0.05, 0.1) is 44.0 Å². The van der Waals surface area contributed by atoms with Crippen LogP contribution >= 0.6 is 11.3 Å². The van der Waals surface area contributed by atoms with Crippen LogP contribution in [-0.4, -0.2) is 81.3 Å². The number of nitrogens with zero attached hydrogens (tertiary/aromatic N) is 3. The molecule has 4 aromatic rings. The zero-order valence-corrected chi connectivity index (χ0v) is 30.1. The molecule has 10 nitrogen and oxygen atoms in total. The van der Waals surface area contributed by atoms with E-state index >= 15 is 0 Å². The van der Waals surface area contributed by atoms with Gasteiger partial charge in [-0.05, 0) is 69.9 Å². The Morgan fingerprint density at radius 3 is 2.30 bits per heavy atom. The van der Waals surface area contributed by atoms with Crippen molar-refractivity contribution in [1.29, 1.82) is 0 Å². The Hall–Kier alpha value is -4.58. The van der Waals surface area contributed by atoms with Crippen LogP contribution in [0.1, 0.15) is 69.7 Å². The van der Waals surface area contributed by atoms with Crippen molar-refractivity contribution >= 4 is 29.2 Å². The minimum absolute atomic E-state index is 0.230. The summed E-state index contributed by atoms with van der Waals surface area (Å²) in [6.45, 7) is 8.24. The normalized spacial score (nSPS) is 17.2. The maximum atomic E-state index is 13.8. The van der Waals surface area contributed by atoms with Crippen molar-refractivity contribution in [3.8, 4) is 0 Å². The first-order chi connectivity index (χ1) is 23.9. The quantitative estimate of drug-likeness (QED) is 0.186. The van der Waals surface area contributed by atoms with Crippen LogP contribution in [-0.2, 0) is 29.0 Å². The fraction of sp³-hybridized carbons (Fsp3) is 0.385. The van der Waals surface area contributed by atoms with E-state index in [1.165, 1.54) is 16.2 Å². The van der Waals surface area contributed by atoms with Crippen LogP contribution in [0.15, 0.2) is 90.3 Å². The zero-order valence-electron chi connectivity index (χ0n) is 29.2. The molecule has 0 bridgehead atoms. The molecule has 5 rings (SSSR count). The maximum absolute atomic E-state index is 13.8. The molecule has 1 fully saturated rings. The summed E-state index contributed by atoms with van der Waals surface area (Å²) in [4.78, 5) is 48.2. The van der Waals surface area contributed by atoms with Gasteiger partial charge >= 0.3 is 6.09 Å². The van der Waals surface area contributed by atoms with Gasteiger partial charge in [-0.3, -0.25) is 14.5 Å². The second kappa shape index (κ2) is 16.4. The Kier molecular flexibility index (Phi) is 12.0. The highest BCUT2D eigenvalue weighted by Gasteiger charge is 2.44. The number of rotatable bonds is 12. The minimum atomic E-state index is -1.17. The molecular formula is C39H46N4O6S. The number of carbonyl (C=O) groups is 3. The molecule has 1 saturated heterocycles. The maximum Gasteiger partial charge on any atom is 0.410 e. The fourth-order valence-electron chi connectivity index (χ4n) is 6.00. The molecule has 2 N–H and O–H groups in total. The van der Waals surface area contributed by atoms with Gasteiger partial charge in [-0.25, -0.2) is 9.78 Å². The van der Waals surface area contributed by atoms with Crippen molar-refractivity contribution in [3.05, 3.63) is 123 Å². The van der Waals surface area contributed by atoms with E-state index in [4.69, 9.17) is 9.47 Å². The number of likely N-dealkylation sites (tertiary alicyclic amines) is 1. The lowest BCUT2D eigenvalue weighted by Gasteiger charge is -2.34. The van der Waals surface area contributed by atoms with Crippen LogP contribution in [0, 0.1) is 6.92 Å². The number of benzene rings is 3. The van der Waals surface area contributed by atoms with Gasteiger partial charge in [0.15, 0.2) is 0 Å². The number of nitrogens with one attached hydrogen (secondary N) is 1. The van der Waals surface area contributed by atoms with Crippen LogP contribution in [0.5, 0.6) is 0 Å². The topological polar surface area (TPSA) is 121 Å². The fourth-order valence-corrected chi connectivity index (χ4v) is 6.82. The van der Waals surface area contributed by atoms with Gasteiger partial charge in [0.2, 0.25) is 0 Å².